The number of carbonyl (C=O) groups is 1. The highest BCUT2D eigenvalue weighted by Gasteiger charge is 2.69. The lowest BCUT2D eigenvalue weighted by Crippen LogP contribution is -2.39. The minimum Gasteiger partial charge on any atom is -0.324 e. The van der Waals surface area contributed by atoms with Crippen LogP contribution in [0.4, 0.5) is 5.69 Å². The first-order valence-electron chi connectivity index (χ1n) is 8.36. The van der Waals surface area contributed by atoms with E-state index in [1.54, 1.807) is 4.58 Å². The summed E-state index contributed by atoms with van der Waals surface area (Å²) in [4.78, 5) is 13.2. The number of fused-ring (bicyclic) bond motifs is 5. The van der Waals surface area contributed by atoms with Crippen molar-refractivity contribution in [1.29, 1.82) is 0 Å². The molecule has 0 fully saturated rings. The second-order valence-electron chi connectivity index (χ2n) is 6.48. The number of rotatable bonds is 2. The Bertz CT molecular complexity index is 1020. The first-order chi connectivity index (χ1) is 12.2. The molecule has 1 heterocycles. The Morgan fingerprint density at radius 2 is 1.40 bits per heavy atom. The highest BCUT2D eigenvalue weighted by Crippen LogP contribution is 2.51. The molecule has 3 heteroatoms. The van der Waals surface area contributed by atoms with Gasteiger partial charge in [0.2, 0.25) is 11.4 Å². The van der Waals surface area contributed by atoms with E-state index in [9.17, 15) is 9.90 Å². The summed E-state index contributed by atoms with van der Waals surface area (Å²) in [7, 11) is 0. The molecule has 1 aliphatic heterocycles. The summed E-state index contributed by atoms with van der Waals surface area (Å²) in [5.74, 6) is -0.611. The first-order valence-corrected chi connectivity index (χ1v) is 8.36. The smallest absolute Gasteiger partial charge is 0.324 e. The Morgan fingerprint density at radius 1 is 0.800 bits per heavy atom. The topological polar surface area (TPSA) is 40.3 Å². The van der Waals surface area contributed by atoms with E-state index in [2.05, 4.69) is 0 Å². The van der Waals surface area contributed by atoms with Crippen molar-refractivity contribution >= 4 is 17.2 Å². The standard InChI is InChI=1S/C22H16NO2/c24-21-19-17-13-7-8-14-18(17)22(21,25)23(16-11-5-2-6-12-16)20(19)15-9-3-1-4-10-15/h1-14,19,25H/q+1/t19-,22+/m1/s1. The molecule has 120 valence electrons. The van der Waals surface area contributed by atoms with E-state index in [4.69, 9.17) is 0 Å². The van der Waals surface area contributed by atoms with Gasteiger partial charge in [-0.15, -0.1) is 0 Å². The average molecular weight is 326 g/mol. The van der Waals surface area contributed by atoms with Gasteiger partial charge in [-0.25, -0.2) is 0 Å². The van der Waals surface area contributed by atoms with Crippen LogP contribution in [-0.4, -0.2) is 21.2 Å². The Labute approximate surface area is 145 Å². The number of nitrogens with zero attached hydrogens (tertiary/aromatic N) is 1. The maximum absolute atomic E-state index is 13.2. The van der Waals surface area contributed by atoms with Crippen LogP contribution in [-0.2, 0) is 10.5 Å². The van der Waals surface area contributed by atoms with Crippen molar-refractivity contribution in [3.63, 3.8) is 0 Å². The Morgan fingerprint density at radius 3 is 2.12 bits per heavy atom. The van der Waals surface area contributed by atoms with Gasteiger partial charge in [0.1, 0.15) is 5.92 Å². The van der Waals surface area contributed by atoms with Gasteiger partial charge in [0, 0.05) is 17.7 Å². The highest BCUT2D eigenvalue weighted by atomic mass is 16.3. The van der Waals surface area contributed by atoms with E-state index in [1.807, 2.05) is 84.9 Å². The quantitative estimate of drug-likeness (QED) is 0.734. The van der Waals surface area contributed by atoms with E-state index >= 15 is 0 Å². The zero-order valence-electron chi connectivity index (χ0n) is 13.5. The number of ketones is 1. The van der Waals surface area contributed by atoms with Gasteiger partial charge in [0.15, 0.2) is 0 Å². The lowest BCUT2D eigenvalue weighted by molar-refractivity contribution is -0.577. The van der Waals surface area contributed by atoms with Gasteiger partial charge in [0.25, 0.3) is 5.78 Å². The third-order valence-corrected chi connectivity index (χ3v) is 5.18. The van der Waals surface area contributed by atoms with Crippen LogP contribution in [0.3, 0.4) is 0 Å². The van der Waals surface area contributed by atoms with E-state index in [0.717, 1.165) is 22.5 Å². The molecular weight excluding hydrogens is 310 g/mol. The first kappa shape index (κ1) is 14.3. The Hall–Kier alpha value is -3.04. The highest BCUT2D eigenvalue weighted by molar-refractivity contribution is 6.23. The van der Waals surface area contributed by atoms with Gasteiger partial charge in [-0.05, 0) is 23.8 Å². The number of carbonyl (C=O) groups excluding carboxylic acids is 1. The van der Waals surface area contributed by atoms with Gasteiger partial charge in [-0.3, -0.25) is 4.79 Å². The zero-order valence-corrected chi connectivity index (χ0v) is 13.5. The van der Waals surface area contributed by atoms with E-state index in [0.29, 0.717) is 5.56 Å². The van der Waals surface area contributed by atoms with E-state index < -0.39 is 11.6 Å². The van der Waals surface area contributed by atoms with Crippen molar-refractivity contribution in [3.05, 3.63) is 102 Å². The Kier molecular flexibility index (Phi) is 2.85. The normalized spacial score (nSPS) is 23.9. The summed E-state index contributed by atoms with van der Waals surface area (Å²) >= 11 is 0. The fourth-order valence-electron chi connectivity index (χ4n) is 4.15. The number of hydrogen-bond acceptors (Lipinski definition) is 2. The van der Waals surface area contributed by atoms with E-state index in [-0.39, 0.29) is 5.78 Å². The summed E-state index contributed by atoms with van der Waals surface area (Å²) in [6.45, 7) is 0. The molecule has 0 amide bonds. The van der Waals surface area contributed by atoms with Crippen molar-refractivity contribution in [2.45, 2.75) is 11.6 Å². The molecule has 0 unspecified atom stereocenters. The van der Waals surface area contributed by atoms with E-state index in [1.165, 1.54) is 0 Å². The maximum atomic E-state index is 13.2. The summed E-state index contributed by atoms with van der Waals surface area (Å²) in [6.07, 6.45) is 0. The molecule has 0 saturated carbocycles. The molecule has 0 saturated heterocycles. The summed E-state index contributed by atoms with van der Waals surface area (Å²) in [5, 5.41) is 11.6. The van der Waals surface area contributed by atoms with Crippen molar-refractivity contribution in [1.82, 2.24) is 0 Å². The molecule has 1 N–H and O–H groups in total. The minimum atomic E-state index is -1.65. The van der Waals surface area contributed by atoms with Crippen LogP contribution in [0.25, 0.3) is 0 Å². The molecule has 0 spiro atoms. The summed E-state index contributed by atoms with van der Waals surface area (Å²) in [5.41, 5.74) is 2.56. The van der Waals surface area contributed by atoms with Crippen molar-refractivity contribution in [3.8, 4) is 0 Å². The largest absolute Gasteiger partial charge is 0.359 e. The van der Waals surface area contributed by atoms with Crippen LogP contribution in [0, 0.1) is 0 Å². The van der Waals surface area contributed by atoms with Gasteiger partial charge in [0.05, 0.1) is 5.56 Å². The Balaban J connectivity index is 1.88. The zero-order chi connectivity index (χ0) is 17.0. The predicted molar refractivity (Wildman–Crippen MR) is 95.0 cm³/mol. The monoisotopic (exact) mass is 326 g/mol. The molecule has 3 aromatic carbocycles. The van der Waals surface area contributed by atoms with Gasteiger partial charge in [-0.1, -0.05) is 54.6 Å². The third-order valence-electron chi connectivity index (χ3n) is 5.18. The van der Waals surface area contributed by atoms with Crippen LogP contribution in [0.5, 0.6) is 0 Å². The lowest BCUT2D eigenvalue weighted by atomic mass is 9.90. The van der Waals surface area contributed by atoms with Gasteiger partial charge < -0.3 is 5.11 Å². The molecular formula is C22H16NO2+. The number of Topliss-reactive ketones (excluding diaryl/α,β-unsaturated/α-hetero) is 1. The molecule has 0 aromatic heterocycles. The van der Waals surface area contributed by atoms with Crippen molar-refractivity contribution < 1.29 is 14.5 Å². The predicted octanol–water partition coefficient (Wildman–Crippen LogP) is 3.35. The molecule has 0 radical (unpaired) electrons. The SMILES string of the molecule is O=C1[C@H]2C(c3ccccc3)=[N+](c3ccccc3)[C@]1(O)c1ccccc12. The number of para-hydroxylation sites is 1. The van der Waals surface area contributed by atoms with Crippen LogP contribution in [0.15, 0.2) is 84.9 Å². The minimum absolute atomic E-state index is 0.170. The fraction of sp³-hybridized carbons (Fsp3) is 0.0909. The third kappa shape index (κ3) is 1.73. The molecule has 25 heavy (non-hydrogen) atoms. The average Bonchev–Trinajstić information content (AvgIpc) is 3.04. The maximum Gasteiger partial charge on any atom is 0.359 e. The van der Waals surface area contributed by atoms with Crippen LogP contribution in [0.2, 0.25) is 0 Å². The molecule has 1 aliphatic carbocycles. The molecule has 3 aromatic rings. The van der Waals surface area contributed by atoms with Crippen molar-refractivity contribution in [2.24, 2.45) is 0 Å². The number of benzene rings is 3. The lowest BCUT2D eigenvalue weighted by Gasteiger charge is -2.21. The number of aliphatic hydroxyl groups is 1. The fourth-order valence-corrected chi connectivity index (χ4v) is 4.15. The molecule has 2 bridgehead atoms. The van der Waals surface area contributed by atoms with Crippen LogP contribution in [0.1, 0.15) is 22.6 Å². The second kappa shape index (κ2) is 4.98. The van der Waals surface area contributed by atoms with Crippen LogP contribution >= 0.6 is 0 Å². The molecule has 5 rings (SSSR count). The second-order valence-corrected chi connectivity index (χ2v) is 6.48. The van der Waals surface area contributed by atoms with Gasteiger partial charge in [-0.2, -0.15) is 4.58 Å². The summed E-state index contributed by atoms with van der Waals surface area (Å²) in [6, 6.07) is 27.1. The van der Waals surface area contributed by atoms with Crippen molar-refractivity contribution in [2.75, 3.05) is 0 Å². The molecule has 2 atom stereocenters. The van der Waals surface area contributed by atoms with Gasteiger partial charge >= 0.3 is 5.72 Å². The number of hydrogen-bond donors (Lipinski definition) is 1. The van der Waals surface area contributed by atoms with Crippen LogP contribution < -0.4 is 0 Å². The molecule has 3 nitrogen and oxygen atoms in total. The molecule has 2 aliphatic rings. The summed E-state index contributed by atoms with van der Waals surface area (Å²) < 4.78 is 1.80.